The van der Waals surface area contributed by atoms with E-state index in [0.29, 0.717) is 34.5 Å². The van der Waals surface area contributed by atoms with Gasteiger partial charge in [0.15, 0.2) is 0 Å². The minimum Gasteiger partial charge on any atom is -0.481 e. The van der Waals surface area contributed by atoms with Crippen molar-refractivity contribution < 1.29 is 15.0 Å². The summed E-state index contributed by atoms with van der Waals surface area (Å²) in [5, 5.41) is 20.6. The molecular weight excluding hydrogens is 456 g/mol. The van der Waals surface area contributed by atoms with E-state index >= 15 is 0 Å². The van der Waals surface area contributed by atoms with E-state index in [2.05, 4.69) is 55.0 Å². The summed E-state index contributed by atoms with van der Waals surface area (Å²) in [7, 11) is 0. The van der Waals surface area contributed by atoms with Crippen molar-refractivity contribution in [1.29, 1.82) is 0 Å². The molecule has 0 radical (unpaired) electrons. The highest BCUT2D eigenvalue weighted by molar-refractivity contribution is 5.70. The van der Waals surface area contributed by atoms with E-state index < -0.39 is 5.97 Å². The summed E-state index contributed by atoms with van der Waals surface area (Å²) in [6, 6.07) is 0. The van der Waals surface area contributed by atoms with E-state index in [9.17, 15) is 15.0 Å². The topological polar surface area (TPSA) is 57.5 Å². The van der Waals surface area contributed by atoms with Crippen LogP contribution >= 0.6 is 0 Å². The predicted octanol–water partition coefficient (Wildman–Crippen LogP) is 9.78. The molecule has 0 amide bonds. The van der Waals surface area contributed by atoms with E-state index in [1.165, 1.54) is 32.1 Å². The van der Waals surface area contributed by atoms with Gasteiger partial charge in [-0.05, 0) is 111 Å². The molecule has 218 valence electrons. The summed E-state index contributed by atoms with van der Waals surface area (Å²) >= 11 is 0. The Kier molecular flexibility index (Phi) is 13.4. The first-order valence-electron chi connectivity index (χ1n) is 15.9. The molecule has 4 aliphatic rings. The smallest absolute Gasteiger partial charge is 0.306 e. The van der Waals surface area contributed by atoms with Gasteiger partial charge in [0.05, 0.1) is 12.0 Å². The van der Waals surface area contributed by atoms with Gasteiger partial charge in [0, 0.05) is 0 Å². The molecule has 0 aromatic carbocycles. The van der Waals surface area contributed by atoms with Crippen molar-refractivity contribution in [3.63, 3.8) is 0 Å². The van der Waals surface area contributed by atoms with Gasteiger partial charge >= 0.3 is 5.97 Å². The second-order valence-corrected chi connectivity index (χ2v) is 13.5. The lowest BCUT2D eigenvalue weighted by Gasteiger charge is -2.68. The molecule has 3 nitrogen and oxygen atoms in total. The minimum absolute atomic E-state index is 0.0108. The van der Waals surface area contributed by atoms with Gasteiger partial charge in [0.25, 0.3) is 0 Å². The quantitative estimate of drug-likeness (QED) is 0.364. The second kappa shape index (κ2) is 14.5. The van der Waals surface area contributed by atoms with Crippen LogP contribution < -0.4 is 0 Å². The number of aliphatic hydroxyl groups is 1. The van der Waals surface area contributed by atoms with Gasteiger partial charge in [-0.15, -0.1) is 6.58 Å². The molecule has 4 rings (SSSR count). The Bertz CT molecular complexity index is 699. The molecule has 9 atom stereocenters. The first kappa shape index (κ1) is 34.2. The van der Waals surface area contributed by atoms with Crippen LogP contribution in [0.3, 0.4) is 0 Å². The first-order chi connectivity index (χ1) is 17.4. The first-order valence-corrected chi connectivity index (χ1v) is 15.9. The van der Waals surface area contributed by atoms with Crippen LogP contribution in [0.2, 0.25) is 0 Å². The summed E-state index contributed by atoms with van der Waals surface area (Å²) in [6.45, 7) is 25.5. The molecule has 4 aliphatic carbocycles. The highest BCUT2D eigenvalue weighted by Crippen LogP contribution is 2.71. The molecule has 37 heavy (non-hydrogen) atoms. The van der Waals surface area contributed by atoms with E-state index in [-0.39, 0.29) is 17.4 Å². The van der Waals surface area contributed by atoms with Crippen LogP contribution in [0.25, 0.3) is 0 Å². The lowest BCUT2D eigenvalue weighted by molar-refractivity contribution is -0.212. The molecule has 3 heteroatoms. The molecule has 0 aromatic heterocycles. The Balaban J connectivity index is 0.000000767. The van der Waals surface area contributed by atoms with E-state index in [1.807, 2.05) is 20.8 Å². The van der Waals surface area contributed by atoms with E-state index in [1.54, 1.807) is 6.08 Å². The van der Waals surface area contributed by atoms with Crippen LogP contribution in [0.15, 0.2) is 12.7 Å². The fourth-order valence-corrected chi connectivity index (χ4v) is 9.71. The Labute approximate surface area is 231 Å². The Hall–Kier alpha value is -0.830. The SMILES string of the molecule is C=CC.CC.CCC.CCCC1C(C(=O)O)CCC2C1CCC1C2(C)CCC2C(C)(C)C(O)CCC21C. The van der Waals surface area contributed by atoms with Crippen LogP contribution in [0.1, 0.15) is 140 Å². The van der Waals surface area contributed by atoms with Crippen molar-refractivity contribution in [2.45, 2.75) is 146 Å². The van der Waals surface area contributed by atoms with Crippen molar-refractivity contribution in [3.05, 3.63) is 12.7 Å². The number of hydrogen-bond donors (Lipinski definition) is 2. The molecule has 4 saturated carbocycles. The number of fused-ring (bicyclic) bond motifs is 5. The predicted molar refractivity (Wildman–Crippen MR) is 160 cm³/mol. The van der Waals surface area contributed by atoms with Gasteiger partial charge in [-0.2, -0.15) is 0 Å². The molecule has 9 unspecified atom stereocenters. The number of aliphatic carboxylic acids is 1. The number of allylic oxidation sites excluding steroid dienone is 1. The summed E-state index contributed by atoms with van der Waals surface area (Å²) in [4.78, 5) is 12.0. The molecule has 0 bridgehead atoms. The zero-order chi connectivity index (χ0) is 28.6. The molecule has 2 N–H and O–H groups in total. The van der Waals surface area contributed by atoms with Gasteiger partial charge in [-0.1, -0.05) is 81.2 Å². The lowest BCUT2D eigenvalue weighted by atomic mass is 9.36. The zero-order valence-electron chi connectivity index (χ0n) is 26.4. The van der Waals surface area contributed by atoms with Crippen molar-refractivity contribution in [1.82, 2.24) is 0 Å². The second-order valence-electron chi connectivity index (χ2n) is 13.5. The maximum atomic E-state index is 12.0. The molecule has 0 saturated heterocycles. The van der Waals surface area contributed by atoms with Crippen LogP contribution in [0.5, 0.6) is 0 Å². The molecule has 0 aliphatic heterocycles. The van der Waals surface area contributed by atoms with Gasteiger partial charge in [0.1, 0.15) is 0 Å². The van der Waals surface area contributed by atoms with Crippen molar-refractivity contribution >= 4 is 5.97 Å². The third kappa shape index (κ3) is 6.67. The molecule has 0 heterocycles. The fourth-order valence-electron chi connectivity index (χ4n) is 9.71. The van der Waals surface area contributed by atoms with E-state index in [4.69, 9.17) is 0 Å². The molecule has 0 aromatic rings. The van der Waals surface area contributed by atoms with Gasteiger partial charge in [-0.25, -0.2) is 0 Å². The summed E-state index contributed by atoms with van der Waals surface area (Å²) < 4.78 is 0. The van der Waals surface area contributed by atoms with Gasteiger partial charge < -0.3 is 10.2 Å². The molecule has 4 fully saturated rings. The maximum Gasteiger partial charge on any atom is 0.306 e. The summed E-state index contributed by atoms with van der Waals surface area (Å²) in [5.74, 6) is 2.35. The van der Waals surface area contributed by atoms with Crippen LogP contribution in [0.4, 0.5) is 0 Å². The minimum atomic E-state index is -0.548. The summed E-state index contributed by atoms with van der Waals surface area (Å²) in [5.41, 5.74) is 0.684. The van der Waals surface area contributed by atoms with Crippen molar-refractivity contribution in [3.8, 4) is 0 Å². The number of carboxylic acids is 1. The van der Waals surface area contributed by atoms with Crippen molar-refractivity contribution in [2.24, 2.45) is 51.8 Å². The van der Waals surface area contributed by atoms with Crippen LogP contribution in [-0.2, 0) is 4.79 Å². The molecule has 0 spiro atoms. The standard InChI is InChI=1S/C26H44O3.C3H8.C3H6.C2H6/c1-6-7-16-17-9-11-21-25(4,19(17)10-8-18(16)23(28)29)14-12-20-24(2,3)22(27)13-15-26(20,21)5;2*1-3-2;1-2/h16-22,27H,6-15H2,1-5H3,(H,28,29);3H2,1-2H3;3H,1H2,2H3;1-2H3. The average Bonchev–Trinajstić information content (AvgIpc) is 2.84. The summed E-state index contributed by atoms with van der Waals surface area (Å²) in [6.07, 6.45) is 14.1. The Morgan fingerprint density at radius 2 is 1.43 bits per heavy atom. The lowest BCUT2D eigenvalue weighted by Crippen LogP contribution is -2.62. The highest BCUT2D eigenvalue weighted by atomic mass is 16.4. The third-order valence-corrected chi connectivity index (χ3v) is 11.0. The highest BCUT2D eigenvalue weighted by Gasteiger charge is 2.64. The van der Waals surface area contributed by atoms with Gasteiger partial charge in [-0.3, -0.25) is 4.79 Å². The Morgan fingerprint density at radius 3 is 1.95 bits per heavy atom. The fraction of sp³-hybridized carbons (Fsp3) is 0.912. The van der Waals surface area contributed by atoms with Crippen LogP contribution in [-0.4, -0.2) is 22.3 Å². The number of carbonyl (C=O) groups is 1. The number of carboxylic acid groups (broad SMARTS) is 1. The number of aliphatic hydroxyl groups excluding tert-OH is 1. The van der Waals surface area contributed by atoms with Gasteiger partial charge in [0.2, 0.25) is 0 Å². The van der Waals surface area contributed by atoms with E-state index in [0.717, 1.165) is 44.4 Å². The average molecular weight is 521 g/mol. The maximum absolute atomic E-state index is 12.0. The number of hydrogen-bond acceptors (Lipinski definition) is 2. The zero-order valence-corrected chi connectivity index (χ0v) is 26.4. The Morgan fingerprint density at radius 1 is 0.892 bits per heavy atom. The largest absolute Gasteiger partial charge is 0.481 e. The van der Waals surface area contributed by atoms with Crippen LogP contribution in [0, 0.1) is 51.8 Å². The molecular formula is C34H64O3. The third-order valence-electron chi connectivity index (χ3n) is 11.0. The van der Waals surface area contributed by atoms with Crippen molar-refractivity contribution in [2.75, 3.05) is 0 Å². The number of rotatable bonds is 3. The normalized spacial score (nSPS) is 41.3. The monoisotopic (exact) mass is 520 g/mol.